The van der Waals surface area contributed by atoms with E-state index in [4.69, 9.17) is 5.73 Å². The first-order chi connectivity index (χ1) is 13.5. The summed E-state index contributed by atoms with van der Waals surface area (Å²) in [6, 6.07) is 4.50. The molecule has 2 saturated heterocycles. The summed E-state index contributed by atoms with van der Waals surface area (Å²) >= 11 is 0. The van der Waals surface area contributed by atoms with Crippen LogP contribution in [0.4, 0.5) is 15.8 Å². The van der Waals surface area contributed by atoms with Crippen LogP contribution in [0.15, 0.2) is 18.2 Å². The summed E-state index contributed by atoms with van der Waals surface area (Å²) in [7, 11) is 0. The van der Waals surface area contributed by atoms with Gasteiger partial charge in [0.25, 0.3) is 0 Å². The van der Waals surface area contributed by atoms with Crippen LogP contribution in [0.2, 0.25) is 0 Å². The van der Waals surface area contributed by atoms with Crippen molar-refractivity contribution < 1.29 is 18.8 Å². The normalized spacial score (nSPS) is 20.4. The molecule has 3 rings (SSSR count). The number of likely N-dealkylation sites (tertiary alicyclic amines) is 1. The Bertz CT molecular complexity index is 747. The second-order valence-corrected chi connectivity index (χ2v) is 7.51. The molecule has 1 atom stereocenters. The van der Waals surface area contributed by atoms with Crippen LogP contribution < -0.4 is 16.0 Å². The quantitative estimate of drug-likeness (QED) is 0.770. The number of carbonyl (C=O) groups is 3. The molecule has 2 fully saturated rings. The van der Waals surface area contributed by atoms with Gasteiger partial charge in [0.2, 0.25) is 5.91 Å². The van der Waals surface area contributed by atoms with Crippen molar-refractivity contribution in [2.24, 2.45) is 11.7 Å². The Morgan fingerprint density at radius 2 is 1.71 bits per heavy atom. The van der Waals surface area contributed by atoms with E-state index in [1.165, 1.54) is 17.4 Å². The fourth-order valence-corrected chi connectivity index (χ4v) is 3.83. The van der Waals surface area contributed by atoms with Gasteiger partial charge in [0.1, 0.15) is 5.82 Å². The molecule has 0 saturated carbocycles. The van der Waals surface area contributed by atoms with Gasteiger partial charge in [-0.2, -0.15) is 0 Å². The molecule has 0 spiro atoms. The van der Waals surface area contributed by atoms with E-state index in [0.29, 0.717) is 18.7 Å². The standard InChI is InChI=1S/C20H27FN4O3/c21-16-12-15(6-7-17(16)24-9-4-2-1-3-5-10-24)23-19(27)20(28)25-11-8-14(13-25)18(22)26/h6-7,12,14H,1-5,8-11,13H2,(H2,22,26)(H,23,27). The number of anilines is 2. The van der Waals surface area contributed by atoms with Gasteiger partial charge in [0.05, 0.1) is 11.6 Å². The zero-order valence-corrected chi connectivity index (χ0v) is 16.0. The molecule has 1 aromatic rings. The maximum Gasteiger partial charge on any atom is 0.313 e. The Labute approximate surface area is 164 Å². The van der Waals surface area contributed by atoms with Gasteiger partial charge in [-0.3, -0.25) is 14.4 Å². The molecule has 3 amide bonds. The van der Waals surface area contributed by atoms with Gasteiger partial charge in [-0.15, -0.1) is 0 Å². The van der Waals surface area contributed by atoms with Gasteiger partial charge in [0.15, 0.2) is 0 Å². The van der Waals surface area contributed by atoms with Crippen molar-refractivity contribution in [1.29, 1.82) is 0 Å². The zero-order valence-electron chi connectivity index (χ0n) is 16.0. The highest BCUT2D eigenvalue weighted by Crippen LogP contribution is 2.25. The first-order valence-corrected chi connectivity index (χ1v) is 9.90. The van der Waals surface area contributed by atoms with Crippen LogP contribution in [0.5, 0.6) is 0 Å². The Hall–Kier alpha value is -2.64. The molecule has 2 aliphatic rings. The molecule has 0 radical (unpaired) electrons. The predicted octanol–water partition coefficient (Wildman–Crippen LogP) is 1.87. The van der Waals surface area contributed by atoms with E-state index >= 15 is 0 Å². The minimum absolute atomic E-state index is 0.143. The SMILES string of the molecule is NC(=O)C1CCN(C(=O)C(=O)Nc2ccc(N3CCCCCCC3)c(F)c2)C1. The number of nitrogens with one attached hydrogen (secondary N) is 1. The monoisotopic (exact) mass is 390 g/mol. The lowest BCUT2D eigenvalue weighted by Gasteiger charge is -2.27. The molecular formula is C20H27FN4O3. The lowest BCUT2D eigenvalue weighted by atomic mass is 10.1. The van der Waals surface area contributed by atoms with Gasteiger partial charge in [-0.25, -0.2) is 4.39 Å². The van der Waals surface area contributed by atoms with Crippen LogP contribution in [0.1, 0.15) is 38.5 Å². The number of amides is 3. The van der Waals surface area contributed by atoms with Crippen molar-refractivity contribution in [3.8, 4) is 0 Å². The molecule has 28 heavy (non-hydrogen) atoms. The second-order valence-electron chi connectivity index (χ2n) is 7.51. The number of primary amides is 1. The van der Waals surface area contributed by atoms with Gasteiger partial charge < -0.3 is 20.9 Å². The summed E-state index contributed by atoms with van der Waals surface area (Å²) < 4.78 is 14.6. The van der Waals surface area contributed by atoms with Gasteiger partial charge in [-0.05, 0) is 37.5 Å². The van der Waals surface area contributed by atoms with Crippen molar-refractivity contribution >= 4 is 29.1 Å². The van der Waals surface area contributed by atoms with Crippen molar-refractivity contribution in [2.45, 2.75) is 38.5 Å². The maximum atomic E-state index is 14.6. The molecule has 0 aliphatic carbocycles. The summed E-state index contributed by atoms with van der Waals surface area (Å²) in [6.07, 6.45) is 6.06. The smallest absolute Gasteiger partial charge is 0.313 e. The van der Waals surface area contributed by atoms with Crippen LogP contribution in [-0.4, -0.2) is 48.8 Å². The van der Waals surface area contributed by atoms with E-state index in [0.717, 1.165) is 38.8 Å². The molecule has 0 aromatic heterocycles. The Morgan fingerprint density at radius 1 is 1.04 bits per heavy atom. The molecule has 1 aromatic carbocycles. The molecule has 3 N–H and O–H groups in total. The highest BCUT2D eigenvalue weighted by atomic mass is 19.1. The highest BCUT2D eigenvalue weighted by molar-refractivity contribution is 6.39. The minimum atomic E-state index is -0.844. The molecule has 2 heterocycles. The Kier molecular flexibility index (Phi) is 6.49. The summed E-state index contributed by atoms with van der Waals surface area (Å²) in [6.45, 7) is 2.08. The lowest BCUT2D eigenvalue weighted by Crippen LogP contribution is -2.39. The van der Waals surface area contributed by atoms with Crippen LogP contribution in [0, 0.1) is 11.7 Å². The lowest BCUT2D eigenvalue weighted by molar-refractivity contribution is -0.142. The fourth-order valence-electron chi connectivity index (χ4n) is 3.83. The first kappa shape index (κ1) is 20.1. The van der Waals surface area contributed by atoms with Crippen molar-refractivity contribution in [2.75, 3.05) is 36.4 Å². The van der Waals surface area contributed by atoms with Gasteiger partial charge in [-0.1, -0.05) is 19.3 Å². The summed E-state index contributed by atoms with van der Waals surface area (Å²) in [5.41, 5.74) is 6.00. The average Bonchev–Trinajstić information content (AvgIpc) is 3.12. The Morgan fingerprint density at radius 3 is 2.32 bits per heavy atom. The van der Waals surface area contributed by atoms with E-state index in [-0.39, 0.29) is 12.2 Å². The summed E-state index contributed by atoms with van der Waals surface area (Å²) in [5, 5.41) is 2.45. The first-order valence-electron chi connectivity index (χ1n) is 9.90. The van der Waals surface area contributed by atoms with Crippen LogP contribution in [-0.2, 0) is 14.4 Å². The van der Waals surface area contributed by atoms with Gasteiger partial charge in [0, 0.05) is 31.9 Å². The number of nitrogens with zero attached hydrogens (tertiary/aromatic N) is 2. The molecule has 8 heteroatoms. The van der Waals surface area contributed by atoms with Crippen LogP contribution in [0.25, 0.3) is 0 Å². The van der Waals surface area contributed by atoms with E-state index in [9.17, 15) is 18.8 Å². The fraction of sp³-hybridized carbons (Fsp3) is 0.550. The van der Waals surface area contributed by atoms with E-state index in [1.54, 1.807) is 12.1 Å². The molecule has 7 nitrogen and oxygen atoms in total. The number of hydrogen-bond donors (Lipinski definition) is 2. The molecule has 1 unspecified atom stereocenters. The predicted molar refractivity (Wildman–Crippen MR) is 104 cm³/mol. The largest absolute Gasteiger partial charge is 0.369 e. The topological polar surface area (TPSA) is 95.7 Å². The zero-order chi connectivity index (χ0) is 20.1. The molecule has 2 aliphatic heterocycles. The summed E-state index contributed by atoms with van der Waals surface area (Å²) in [5.74, 6) is -2.90. The van der Waals surface area contributed by atoms with Crippen molar-refractivity contribution in [1.82, 2.24) is 4.90 Å². The van der Waals surface area contributed by atoms with E-state index in [1.807, 2.05) is 4.90 Å². The second kappa shape index (κ2) is 9.03. The van der Waals surface area contributed by atoms with Crippen molar-refractivity contribution in [3.05, 3.63) is 24.0 Å². The third kappa shape index (κ3) is 4.79. The number of hydrogen-bond acceptors (Lipinski definition) is 4. The number of benzene rings is 1. The number of rotatable bonds is 3. The Balaban J connectivity index is 1.61. The molecule has 0 bridgehead atoms. The van der Waals surface area contributed by atoms with Gasteiger partial charge >= 0.3 is 11.8 Å². The molecular weight excluding hydrogens is 363 g/mol. The minimum Gasteiger partial charge on any atom is -0.369 e. The third-order valence-electron chi connectivity index (χ3n) is 5.47. The van der Waals surface area contributed by atoms with Crippen LogP contribution >= 0.6 is 0 Å². The highest BCUT2D eigenvalue weighted by Gasteiger charge is 2.32. The van der Waals surface area contributed by atoms with E-state index in [2.05, 4.69) is 5.32 Å². The summed E-state index contributed by atoms with van der Waals surface area (Å²) in [4.78, 5) is 39.0. The third-order valence-corrected chi connectivity index (χ3v) is 5.47. The van der Waals surface area contributed by atoms with Crippen LogP contribution in [0.3, 0.4) is 0 Å². The van der Waals surface area contributed by atoms with E-state index < -0.39 is 29.5 Å². The number of nitrogens with two attached hydrogens (primary N) is 1. The number of halogens is 1. The maximum absolute atomic E-state index is 14.6. The average molecular weight is 390 g/mol. The number of carbonyl (C=O) groups excluding carboxylic acids is 3. The molecule has 152 valence electrons. The van der Waals surface area contributed by atoms with Crippen molar-refractivity contribution in [3.63, 3.8) is 0 Å².